The minimum absolute atomic E-state index is 0.106. The first-order valence-corrected chi connectivity index (χ1v) is 8.85. The van der Waals surface area contributed by atoms with Crippen LogP contribution in [-0.2, 0) is 17.9 Å². The van der Waals surface area contributed by atoms with Crippen LogP contribution in [-0.4, -0.2) is 15.8 Å². The topological polar surface area (TPSA) is 53.2 Å². The van der Waals surface area contributed by atoms with Gasteiger partial charge in [0.05, 0.1) is 6.54 Å². The lowest BCUT2D eigenvalue weighted by molar-refractivity contribution is -0.130. The lowest BCUT2D eigenvalue weighted by atomic mass is 10.0. The molecule has 1 N–H and O–H groups in total. The fourth-order valence-electron chi connectivity index (χ4n) is 3.15. The summed E-state index contributed by atoms with van der Waals surface area (Å²) >= 11 is 6.22. The van der Waals surface area contributed by atoms with Crippen molar-refractivity contribution in [3.8, 4) is 0 Å². The number of carbonyl (C=O) groups excluding carboxylic acids is 1. The lowest BCUT2D eigenvalue weighted by Crippen LogP contribution is -2.30. The summed E-state index contributed by atoms with van der Waals surface area (Å²) in [6.45, 7) is 6.11. The standard InChI is InChI=1S/C21H21ClN2O2/c1-13-8-14(2)18-10-17(21(26)23-20(18)9-13)12-24(15(3)25)11-16-6-4-5-7-19(16)22/h4-10H,11-12H2,1-3H3,(H,23,26). The van der Waals surface area contributed by atoms with E-state index in [-0.39, 0.29) is 18.0 Å². The van der Waals surface area contributed by atoms with Crippen LogP contribution in [0.3, 0.4) is 0 Å². The van der Waals surface area contributed by atoms with E-state index >= 15 is 0 Å². The van der Waals surface area contributed by atoms with Gasteiger partial charge in [0.15, 0.2) is 0 Å². The maximum atomic E-state index is 12.5. The number of halogens is 1. The van der Waals surface area contributed by atoms with Crippen molar-refractivity contribution in [1.82, 2.24) is 9.88 Å². The molecule has 2 aromatic carbocycles. The molecule has 0 unspecified atom stereocenters. The van der Waals surface area contributed by atoms with Crippen molar-refractivity contribution >= 4 is 28.4 Å². The second-order valence-corrected chi connectivity index (χ2v) is 7.04. The van der Waals surface area contributed by atoms with Gasteiger partial charge < -0.3 is 9.88 Å². The number of pyridine rings is 1. The smallest absolute Gasteiger partial charge is 0.253 e. The number of nitrogens with one attached hydrogen (secondary N) is 1. The molecule has 3 aromatic rings. The van der Waals surface area contributed by atoms with Crippen molar-refractivity contribution in [2.24, 2.45) is 0 Å². The van der Waals surface area contributed by atoms with E-state index in [1.54, 1.807) is 11.0 Å². The molecule has 5 heteroatoms. The number of rotatable bonds is 4. The molecule has 0 bridgehead atoms. The number of hydrogen-bond donors (Lipinski definition) is 1. The first-order chi connectivity index (χ1) is 12.3. The molecule has 0 saturated heterocycles. The Hall–Kier alpha value is -2.59. The van der Waals surface area contributed by atoms with E-state index in [1.807, 2.05) is 44.2 Å². The molecule has 0 aliphatic carbocycles. The van der Waals surface area contributed by atoms with Crippen LogP contribution in [0.4, 0.5) is 0 Å². The highest BCUT2D eigenvalue weighted by Gasteiger charge is 2.15. The molecular formula is C21H21ClN2O2. The second-order valence-electron chi connectivity index (χ2n) is 6.63. The molecule has 1 aromatic heterocycles. The summed E-state index contributed by atoms with van der Waals surface area (Å²) in [7, 11) is 0. The number of hydrogen-bond acceptors (Lipinski definition) is 2. The van der Waals surface area contributed by atoms with Crippen LogP contribution in [0.2, 0.25) is 5.02 Å². The number of fused-ring (bicyclic) bond motifs is 1. The Balaban J connectivity index is 1.97. The summed E-state index contributed by atoms with van der Waals surface area (Å²) in [6.07, 6.45) is 0. The van der Waals surface area contributed by atoms with Gasteiger partial charge in [-0.15, -0.1) is 0 Å². The van der Waals surface area contributed by atoms with Crippen molar-refractivity contribution in [1.29, 1.82) is 0 Å². The number of amides is 1. The van der Waals surface area contributed by atoms with Crippen molar-refractivity contribution < 1.29 is 4.79 Å². The zero-order chi connectivity index (χ0) is 18.8. The lowest BCUT2D eigenvalue weighted by Gasteiger charge is -2.22. The third-order valence-corrected chi connectivity index (χ3v) is 4.88. The molecule has 0 fully saturated rings. The molecule has 1 heterocycles. The van der Waals surface area contributed by atoms with E-state index in [4.69, 9.17) is 11.6 Å². The van der Waals surface area contributed by atoms with Gasteiger partial charge in [0.1, 0.15) is 0 Å². The third-order valence-electron chi connectivity index (χ3n) is 4.52. The quantitative estimate of drug-likeness (QED) is 0.744. The monoisotopic (exact) mass is 368 g/mol. The molecule has 0 radical (unpaired) electrons. The number of H-pyrrole nitrogens is 1. The number of carbonyl (C=O) groups is 1. The highest BCUT2D eigenvalue weighted by Crippen LogP contribution is 2.21. The second kappa shape index (κ2) is 7.34. The molecule has 4 nitrogen and oxygen atoms in total. The Kier molecular flexibility index (Phi) is 5.14. The van der Waals surface area contributed by atoms with Crippen molar-refractivity contribution in [3.05, 3.63) is 80.1 Å². The van der Waals surface area contributed by atoms with Crippen LogP contribution >= 0.6 is 11.6 Å². The van der Waals surface area contributed by atoms with Gasteiger partial charge in [-0.3, -0.25) is 9.59 Å². The van der Waals surface area contributed by atoms with Gasteiger partial charge in [-0.2, -0.15) is 0 Å². The predicted octanol–water partition coefficient (Wildman–Crippen LogP) is 4.35. The van der Waals surface area contributed by atoms with Gasteiger partial charge in [-0.1, -0.05) is 35.9 Å². The van der Waals surface area contributed by atoms with Crippen LogP contribution in [0.5, 0.6) is 0 Å². The Morgan fingerprint density at radius 1 is 1.08 bits per heavy atom. The molecule has 26 heavy (non-hydrogen) atoms. The Morgan fingerprint density at radius 3 is 2.46 bits per heavy atom. The summed E-state index contributed by atoms with van der Waals surface area (Å²) in [5, 5.41) is 1.60. The summed E-state index contributed by atoms with van der Waals surface area (Å²) in [6, 6.07) is 13.3. The Morgan fingerprint density at radius 2 is 1.77 bits per heavy atom. The molecule has 0 aliphatic rings. The van der Waals surface area contributed by atoms with E-state index in [0.29, 0.717) is 17.1 Å². The van der Waals surface area contributed by atoms with Crippen LogP contribution < -0.4 is 5.56 Å². The predicted molar refractivity (Wildman–Crippen MR) is 105 cm³/mol. The molecule has 0 aliphatic heterocycles. The Bertz CT molecular complexity index is 1040. The van der Waals surface area contributed by atoms with Gasteiger partial charge in [0.25, 0.3) is 5.56 Å². The minimum atomic E-state index is -0.173. The molecule has 1 amide bonds. The van der Waals surface area contributed by atoms with Crippen LogP contribution in [0.25, 0.3) is 10.9 Å². The molecule has 3 rings (SSSR count). The normalized spacial score (nSPS) is 10.9. The number of aromatic nitrogens is 1. The number of aromatic amines is 1. The summed E-state index contributed by atoms with van der Waals surface area (Å²) in [5.41, 5.74) is 4.25. The van der Waals surface area contributed by atoms with Gasteiger partial charge >= 0.3 is 0 Å². The van der Waals surface area contributed by atoms with E-state index < -0.39 is 0 Å². The molecule has 0 spiro atoms. The van der Waals surface area contributed by atoms with Crippen LogP contribution in [0, 0.1) is 13.8 Å². The first kappa shape index (κ1) is 18.2. The SMILES string of the molecule is CC(=O)N(Cc1ccccc1Cl)Cc1cc2c(C)cc(C)cc2[nH]c1=O. The molecular weight excluding hydrogens is 348 g/mol. The number of aryl methyl sites for hydroxylation is 2. The summed E-state index contributed by atoms with van der Waals surface area (Å²) < 4.78 is 0. The van der Waals surface area contributed by atoms with E-state index in [0.717, 1.165) is 27.6 Å². The number of benzene rings is 2. The highest BCUT2D eigenvalue weighted by molar-refractivity contribution is 6.31. The zero-order valence-electron chi connectivity index (χ0n) is 15.1. The van der Waals surface area contributed by atoms with E-state index in [2.05, 4.69) is 11.1 Å². The molecule has 0 atom stereocenters. The minimum Gasteiger partial charge on any atom is -0.334 e. The molecule has 134 valence electrons. The zero-order valence-corrected chi connectivity index (χ0v) is 15.9. The fraction of sp³-hybridized carbons (Fsp3) is 0.238. The average Bonchev–Trinajstić information content (AvgIpc) is 2.56. The highest BCUT2D eigenvalue weighted by atomic mass is 35.5. The van der Waals surface area contributed by atoms with Crippen LogP contribution in [0.1, 0.15) is 29.2 Å². The third kappa shape index (κ3) is 3.81. The van der Waals surface area contributed by atoms with Gasteiger partial charge in [0.2, 0.25) is 5.91 Å². The van der Waals surface area contributed by atoms with Crippen molar-refractivity contribution in [2.75, 3.05) is 0 Å². The largest absolute Gasteiger partial charge is 0.334 e. The van der Waals surface area contributed by atoms with E-state index in [1.165, 1.54) is 6.92 Å². The van der Waals surface area contributed by atoms with Gasteiger partial charge in [-0.05, 0) is 48.7 Å². The maximum Gasteiger partial charge on any atom is 0.253 e. The average molecular weight is 369 g/mol. The maximum absolute atomic E-state index is 12.5. The van der Waals surface area contributed by atoms with E-state index in [9.17, 15) is 9.59 Å². The summed E-state index contributed by atoms with van der Waals surface area (Å²) in [4.78, 5) is 29.2. The first-order valence-electron chi connectivity index (χ1n) is 8.47. The van der Waals surface area contributed by atoms with Gasteiger partial charge in [0, 0.05) is 35.0 Å². The molecule has 0 saturated carbocycles. The summed E-state index contributed by atoms with van der Waals surface area (Å²) in [5.74, 6) is -0.106. The van der Waals surface area contributed by atoms with Crippen molar-refractivity contribution in [3.63, 3.8) is 0 Å². The Labute approximate surface area is 157 Å². The van der Waals surface area contributed by atoms with Crippen LogP contribution in [0.15, 0.2) is 47.3 Å². The number of nitrogens with zero attached hydrogens (tertiary/aromatic N) is 1. The van der Waals surface area contributed by atoms with Crippen molar-refractivity contribution in [2.45, 2.75) is 33.9 Å². The fourth-order valence-corrected chi connectivity index (χ4v) is 3.35. The van der Waals surface area contributed by atoms with Gasteiger partial charge in [-0.25, -0.2) is 0 Å².